The number of aryl methyl sites for hydroxylation is 1. The van der Waals surface area contributed by atoms with E-state index in [0.717, 1.165) is 29.9 Å². The zero-order valence-electron chi connectivity index (χ0n) is 19.0. The standard InChI is InChI=1S/C21H34BN3O4/c1-15-13-17(23-14-16(15)22-28-20(5,6)21(7,8)29-22)24-9-11-25(12-10-24)18(26)27-19(2,3)4/h13-14H,9-12H2,1-8H3. The van der Waals surface area contributed by atoms with Gasteiger partial charge >= 0.3 is 13.2 Å². The van der Waals surface area contributed by atoms with Gasteiger partial charge in [0.25, 0.3) is 0 Å². The maximum Gasteiger partial charge on any atom is 0.496 e. The Kier molecular flexibility index (Phi) is 5.64. The number of anilines is 1. The van der Waals surface area contributed by atoms with Crippen molar-refractivity contribution in [2.24, 2.45) is 0 Å². The van der Waals surface area contributed by atoms with Gasteiger partial charge in [-0.3, -0.25) is 0 Å². The lowest BCUT2D eigenvalue weighted by Gasteiger charge is -2.36. The molecule has 160 valence electrons. The lowest BCUT2D eigenvalue weighted by Crippen LogP contribution is -2.50. The van der Waals surface area contributed by atoms with E-state index < -0.39 is 12.7 Å². The van der Waals surface area contributed by atoms with E-state index in [0.29, 0.717) is 13.1 Å². The SMILES string of the molecule is Cc1cc(N2CCN(C(=O)OC(C)(C)C)CC2)ncc1B1OC(C)(C)C(C)(C)O1. The second-order valence-electron chi connectivity index (χ2n) is 9.94. The maximum absolute atomic E-state index is 12.2. The molecule has 0 radical (unpaired) electrons. The molecule has 2 fully saturated rings. The Balaban J connectivity index is 1.64. The molecular formula is C21H34BN3O4. The summed E-state index contributed by atoms with van der Waals surface area (Å²) in [5.74, 6) is 0.909. The number of amides is 1. The fraction of sp³-hybridized carbons (Fsp3) is 0.714. The van der Waals surface area contributed by atoms with Crippen molar-refractivity contribution in [1.82, 2.24) is 9.88 Å². The summed E-state index contributed by atoms with van der Waals surface area (Å²) in [6.07, 6.45) is 1.60. The number of ether oxygens (including phenoxy) is 1. The van der Waals surface area contributed by atoms with Crippen LogP contribution in [0, 0.1) is 6.92 Å². The quantitative estimate of drug-likeness (QED) is 0.708. The molecule has 0 aromatic carbocycles. The molecule has 1 aromatic heterocycles. The molecule has 8 heteroatoms. The predicted molar refractivity (Wildman–Crippen MR) is 115 cm³/mol. The van der Waals surface area contributed by atoms with Crippen LogP contribution in [0.2, 0.25) is 0 Å². The molecule has 2 aliphatic heterocycles. The fourth-order valence-corrected chi connectivity index (χ4v) is 3.39. The minimum absolute atomic E-state index is 0.252. The average Bonchev–Trinajstić information content (AvgIpc) is 2.81. The van der Waals surface area contributed by atoms with Crippen LogP contribution in [-0.2, 0) is 14.0 Å². The van der Waals surface area contributed by atoms with Crippen molar-refractivity contribution in [2.75, 3.05) is 31.1 Å². The number of pyridine rings is 1. The lowest BCUT2D eigenvalue weighted by atomic mass is 9.77. The highest BCUT2D eigenvalue weighted by molar-refractivity contribution is 6.62. The van der Waals surface area contributed by atoms with E-state index in [1.807, 2.05) is 54.7 Å². The summed E-state index contributed by atoms with van der Waals surface area (Å²) in [6, 6.07) is 2.07. The molecule has 0 unspecified atom stereocenters. The molecular weight excluding hydrogens is 369 g/mol. The van der Waals surface area contributed by atoms with Crippen LogP contribution < -0.4 is 10.4 Å². The van der Waals surface area contributed by atoms with Crippen LogP contribution in [-0.4, -0.2) is 66.1 Å². The Morgan fingerprint density at radius 3 is 2.14 bits per heavy atom. The fourth-order valence-electron chi connectivity index (χ4n) is 3.39. The van der Waals surface area contributed by atoms with Crippen LogP contribution in [0.4, 0.5) is 10.6 Å². The first-order valence-corrected chi connectivity index (χ1v) is 10.3. The van der Waals surface area contributed by atoms with Crippen molar-refractivity contribution >= 4 is 24.5 Å². The topological polar surface area (TPSA) is 64.1 Å². The number of hydrogen-bond acceptors (Lipinski definition) is 6. The number of rotatable bonds is 2. The highest BCUT2D eigenvalue weighted by atomic mass is 16.7. The summed E-state index contributed by atoms with van der Waals surface area (Å²) in [5, 5.41) is 0. The Hall–Kier alpha value is -1.80. The van der Waals surface area contributed by atoms with E-state index in [4.69, 9.17) is 14.0 Å². The Morgan fingerprint density at radius 1 is 1.10 bits per heavy atom. The van der Waals surface area contributed by atoms with Crippen molar-refractivity contribution in [3.63, 3.8) is 0 Å². The van der Waals surface area contributed by atoms with E-state index in [-0.39, 0.29) is 17.3 Å². The minimum atomic E-state index is -0.476. The van der Waals surface area contributed by atoms with Gasteiger partial charge in [0.2, 0.25) is 0 Å². The molecule has 0 aliphatic carbocycles. The van der Waals surface area contributed by atoms with E-state index in [9.17, 15) is 4.79 Å². The molecule has 0 N–H and O–H groups in total. The van der Waals surface area contributed by atoms with Gasteiger partial charge in [0.15, 0.2) is 0 Å². The van der Waals surface area contributed by atoms with Crippen molar-refractivity contribution in [1.29, 1.82) is 0 Å². The van der Waals surface area contributed by atoms with Crippen molar-refractivity contribution in [2.45, 2.75) is 72.2 Å². The number of hydrogen-bond donors (Lipinski definition) is 0. The van der Waals surface area contributed by atoms with E-state index in [1.54, 1.807) is 4.90 Å². The number of carbonyl (C=O) groups is 1. The minimum Gasteiger partial charge on any atom is -0.444 e. The first kappa shape index (κ1) is 21.9. The summed E-state index contributed by atoms with van der Waals surface area (Å²) < 4.78 is 17.8. The van der Waals surface area contributed by atoms with E-state index in [2.05, 4.69) is 22.9 Å². The smallest absolute Gasteiger partial charge is 0.444 e. The van der Waals surface area contributed by atoms with Crippen LogP contribution in [0.1, 0.15) is 54.0 Å². The van der Waals surface area contributed by atoms with Gasteiger partial charge in [0.1, 0.15) is 11.4 Å². The normalized spacial score (nSPS) is 21.4. The van der Waals surface area contributed by atoms with Crippen LogP contribution >= 0.6 is 0 Å². The van der Waals surface area contributed by atoms with Crippen molar-refractivity contribution in [3.05, 3.63) is 17.8 Å². The zero-order valence-corrected chi connectivity index (χ0v) is 19.0. The van der Waals surface area contributed by atoms with Crippen LogP contribution in [0.15, 0.2) is 12.3 Å². The van der Waals surface area contributed by atoms with Gasteiger partial charge in [-0.25, -0.2) is 9.78 Å². The number of piperazine rings is 1. The summed E-state index contributed by atoms with van der Waals surface area (Å²) in [4.78, 5) is 20.9. The highest BCUT2D eigenvalue weighted by Crippen LogP contribution is 2.36. The highest BCUT2D eigenvalue weighted by Gasteiger charge is 2.52. The molecule has 0 spiro atoms. The summed E-state index contributed by atoms with van der Waals surface area (Å²) in [5.41, 5.74) is 0.820. The van der Waals surface area contributed by atoms with Crippen molar-refractivity contribution < 1.29 is 18.8 Å². The van der Waals surface area contributed by atoms with E-state index in [1.165, 1.54) is 0 Å². The first-order chi connectivity index (χ1) is 13.3. The molecule has 0 saturated carbocycles. The summed E-state index contributed by atoms with van der Waals surface area (Å²) in [7, 11) is -0.412. The van der Waals surface area contributed by atoms with Gasteiger partial charge in [0.05, 0.1) is 11.2 Å². The molecule has 3 heterocycles. The molecule has 29 heavy (non-hydrogen) atoms. The number of nitrogens with zero attached hydrogens (tertiary/aromatic N) is 3. The summed E-state index contributed by atoms with van der Waals surface area (Å²) in [6.45, 7) is 18.6. The predicted octanol–water partition coefficient (Wildman–Crippen LogP) is 2.75. The number of carbonyl (C=O) groups excluding carboxylic acids is 1. The third kappa shape index (κ3) is 4.69. The second kappa shape index (κ2) is 7.47. The van der Waals surface area contributed by atoms with Crippen LogP contribution in [0.25, 0.3) is 0 Å². The molecule has 1 amide bonds. The van der Waals surface area contributed by atoms with Crippen molar-refractivity contribution in [3.8, 4) is 0 Å². The van der Waals surface area contributed by atoms with Crippen LogP contribution in [0.5, 0.6) is 0 Å². The zero-order chi connectivity index (χ0) is 21.6. The third-order valence-electron chi connectivity index (χ3n) is 5.90. The van der Waals surface area contributed by atoms with Gasteiger partial charge in [-0.05, 0) is 67.0 Å². The summed E-state index contributed by atoms with van der Waals surface area (Å²) >= 11 is 0. The Labute approximate surface area is 174 Å². The van der Waals surface area contributed by atoms with Gasteiger partial charge in [0, 0.05) is 37.8 Å². The number of aromatic nitrogens is 1. The largest absolute Gasteiger partial charge is 0.496 e. The maximum atomic E-state index is 12.2. The second-order valence-corrected chi connectivity index (χ2v) is 9.94. The monoisotopic (exact) mass is 403 g/mol. The average molecular weight is 403 g/mol. The molecule has 0 atom stereocenters. The Bertz CT molecular complexity index is 752. The Morgan fingerprint density at radius 2 is 1.66 bits per heavy atom. The van der Waals surface area contributed by atoms with Gasteiger partial charge < -0.3 is 23.8 Å². The van der Waals surface area contributed by atoms with Crippen LogP contribution in [0.3, 0.4) is 0 Å². The van der Waals surface area contributed by atoms with Gasteiger partial charge in [-0.15, -0.1) is 0 Å². The van der Waals surface area contributed by atoms with Gasteiger partial charge in [-0.2, -0.15) is 0 Å². The molecule has 2 aliphatic rings. The molecule has 2 saturated heterocycles. The molecule has 3 rings (SSSR count). The van der Waals surface area contributed by atoms with Gasteiger partial charge in [-0.1, -0.05) is 0 Å². The van der Waals surface area contributed by atoms with E-state index >= 15 is 0 Å². The lowest BCUT2D eigenvalue weighted by molar-refractivity contribution is 0.00578. The molecule has 0 bridgehead atoms. The molecule has 1 aromatic rings. The first-order valence-electron chi connectivity index (χ1n) is 10.3. The third-order valence-corrected chi connectivity index (χ3v) is 5.90. The molecule has 7 nitrogen and oxygen atoms in total.